The molecule has 1 N–H and O–H groups in total. The molecule has 2 aliphatic rings. The predicted octanol–water partition coefficient (Wildman–Crippen LogP) is 1.81. The van der Waals surface area contributed by atoms with Gasteiger partial charge in [-0.05, 0) is 57.2 Å². The molecule has 2 fully saturated rings. The molecule has 1 aliphatic heterocycles. The first-order valence-corrected chi connectivity index (χ1v) is 7.55. The van der Waals surface area contributed by atoms with E-state index in [1.54, 1.807) is 0 Å². The highest BCUT2D eigenvalue weighted by Gasteiger charge is 2.34. The Kier molecular flexibility index (Phi) is 4.68. The molecule has 0 aromatic carbocycles. The lowest BCUT2D eigenvalue weighted by Crippen LogP contribution is -2.42. The van der Waals surface area contributed by atoms with Crippen molar-refractivity contribution in [2.24, 2.45) is 11.3 Å². The lowest BCUT2D eigenvalue weighted by molar-refractivity contribution is 0.00483. The van der Waals surface area contributed by atoms with Crippen molar-refractivity contribution in [2.45, 2.75) is 45.6 Å². The fourth-order valence-electron chi connectivity index (χ4n) is 3.52. The van der Waals surface area contributed by atoms with Crippen LogP contribution in [-0.2, 0) is 0 Å². The topological polar surface area (TPSA) is 26.7 Å². The molecule has 1 saturated carbocycles. The van der Waals surface area contributed by atoms with Gasteiger partial charge in [0.05, 0.1) is 6.10 Å². The molecule has 2 unspecified atom stereocenters. The average molecular weight is 254 g/mol. The zero-order chi connectivity index (χ0) is 13.2. The maximum atomic E-state index is 10.2. The lowest BCUT2D eigenvalue weighted by atomic mass is 9.70. The van der Waals surface area contributed by atoms with Crippen LogP contribution in [0.25, 0.3) is 0 Å². The van der Waals surface area contributed by atoms with Crippen molar-refractivity contribution in [3.05, 3.63) is 0 Å². The number of hydrogen-bond acceptors (Lipinski definition) is 3. The van der Waals surface area contributed by atoms with Gasteiger partial charge < -0.3 is 14.9 Å². The molecule has 0 bridgehead atoms. The maximum absolute atomic E-state index is 10.2. The van der Waals surface area contributed by atoms with Crippen molar-refractivity contribution in [2.75, 3.05) is 39.8 Å². The Morgan fingerprint density at radius 2 is 1.94 bits per heavy atom. The predicted molar refractivity (Wildman–Crippen MR) is 75.7 cm³/mol. The summed E-state index contributed by atoms with van der Waals surface area (Å²) >= 11 is 0. The standard InChI is InChI=1S/C15H30N2O/c1-15(2)6-5-14(18)13(11-15)12-17-8-4-7-16(3)9-10-17/h13-14,18H,4-12H2,1-3H3. The summed E-state index contributed by atoms with van der Waals surface area (Å²) in [7, 11) is 2.21. The fourth-order valence-corrected chi connectivity index (χ4v) is 3.52. The van der Waals surface area contributed by atoms with Gasteiger partial charge in [0.2, 0.25) is 0 Å². The van der Waals surface area contributed by atoms with E-state index >= 15 is 0 Å². The van der Waals surface area contributed by atoms with E-state index in [4.69, 9.17) is 0 Å². The highest BCUT2D eigenvalue weighted by Crippen LogP contribution is 2.39. The molecule has 106 valence electrons. The first kappa shape index (κ1) is 14.3. The summed E-state index contributed by atoms with van der Waals surface area (Å²) in [6, 6.07) is 0. The number of likely N-dealkylation sites (N-methyl/N-ethyl adjacent to an activating group) is 1. The van der Waals surface area contributed by atoms with E-state index in [-0.39, 0.29) is 6.10 Å². The largest absolute Gasteiger partial charge is 0.393 e. The Labute approximate surface area is 112 Å². The van der Waals surface area contributed by atoms with Gasteiger partial charge in [0.15, 0.2) is 0 Å². The van der Waals surface area contributed by atoms with Crippen LogP contribution in [0.15, 0.2) is 0 Å². The summed E-state index contributed by atoms with van der Waals surface area (Å²) in [6.07, 6.45) is 4.54. The van der Waals surface area contributed by atoms with E-state index in [0.717, 1.165) is 13.0 Å². The normalized spacial score (nSPS) is 35.3. The van der Waals surface area contributed by atoms with Crippen molar-refractivity contribution in [1.29, 1.82) is 0 Å². The van der Waals surface area contributed by atoms with E-state index in [2.05, 4.69) is 30.7 Å². The number of hydrogen-bond donors (Lipinski definition) is 1. The minimum atomic E-state index is -0.0704. The van der Waals surface area contributed by atoms with Crippen LogP contribution in [0, 0.1) is 11.3 Å². The van der Waals surface area contributed by atoms with Crippen LogP contribution in [0.5, 0.6) is 0 Å². The van der Waals surface area contributed by atoms with Gasteiger partial charge in [0, 0.05) is 19.6 Å². The summed E-state index contributed by atoms with van der Waals surface area (Å²) < 4.78 is 0. The summed E-state index contributed by atoms with van der Waals surface area (Å²) in [5, 5.41) is 10.2. The monoisotopic (exact) mass is 254 g/mol. The first-order valence-electron chi connectivity index (χ1n) is 7.55. The second-order valence-electron chi connectivity index (χ2n) is 7.19. The number of aliphatic hydroxyl groups is 1. The molecule has 1 aliphatic carbocycles. The van der Waals surface area contributed by atoms with Gasteiger partial charge in [-0.15, -0.1) is 0 Å². The lowest BCUT2D eigenvalue weighted by Gasteiger charge is -2.40. The van der Waals surface area contributed by atoms with Gasteiger partial charge in [0.1, 0.15) is 0 Å². The molecule has 0 aromatic heterocycles. The van der Waals surface area contributed by atoms with Gasteiger partial charge in [-0.3, -0.25) is 0 Å². The van der Waals surface area contributed by atoms with Gasteiger partial charge in [-0.25, -0.2) is 0 Å². The number of rotatable bonds is 2. The SMILES string of the molecule is CN1CCCN(CC2CC(C)(C)CCC2O)CC1. The second kappa shape index (κ2) is 5.89. The minimum absolute atomic E-state index is 0.0704. The molecule has 0 aromatic rings. The molecule has 0 amide bonds. The molecule has 3 nitrogen and oxygen atoms in total. The smallest absolute Gasteiger partial charge is 0.0581 e. The Balaban J connectivity index is 1.87. The molecule has 0 radical (unpaired) electrons. The first-order chi connectivity index (χ1) is 8.46. The van der Waals surface area contributed by atoms with Gasteiger partial charge in [0.25, 0.3) is 0 Å². The van der Waals surface area contributed by atoms with Gasteiger partial charge in [-0.2, -0.15) is 0 Å². The van der Waals surface area contributed by atoms with E-state index in [1.165, 1.54) is 45.4 Å². The molecule has 2 atom stereocenters. The quantitative estimate of drug-likeness (QED) is 0.814. The summed E-state index contributed by atoms with van der Waals surface area (Å²) in [5.41, 5.74) is 0.423. The second-order valence-corrected chi connectivity index (χ2v) is 7.19. The fraction of sp³-hybridized carbons (Fsp3) is 1.00. The van der Waals surface area contributed by atoms with Crippen molar-refractivity contribution in [1.82, 2.24) is 9.80 Å². The Morgan fingerprint density at radius 3 is 2.72 bits per heavy atom. The third kappa shape index (κ3) is 3.94. The van der Waals surface area contributed by atoms with Crippen LogP contribution in [0.3, 0.4) is 0 Å². The average Bonchev–Trinajstić information content (AvgIpc) is 2.49. The highest BCUT2D eigenvalue weighted by atomic mass is 16.3. The highest BCUT2D eigenvalue weighted by molar-refractivity contribution is 4.86. The zero-order valence-electron chi connectivity index (χ0n) is 12.4. The summed E-state index contributed by atoms with van der Waals surface area (Å²) in [6.45, 7) is 10.6. The van der Waals surface area contributed by atoms with Crippen LogP contribution >= 0.6 is 0 Å². The minimum Gasteiger partial charge on any atom is -0.393 e. The summed E-state index contributed by atoms with van der Waals surface area (Å²) in [4.78, 5) is 4.99. The van der Waals surface area contributed by atoms with Crippen LogP contribution < -0.4 is 0 Å². The Morgan fingerprint density at radius 1 is 1.17 bits per heavy atom. The Bertz CT molecular complexity index is 267. The van der Waals surface area contributed by atoms with Crippen molar-refractivity contribution < 1.29 is 5.11 Å². The third-order valence-corrected chi connectivity index (χ3v) is 4.78. The number of aliphatic hydroxyl groups excluding tert-OH is 1. The van der Waals surface area contributed by atoms with Crippen LogP contribution in [0.1, 0.15) is 39.5 Å². The van der Waals surface area contributed by atoms with Gasteiger partial charge >= 0.3 is 0 Å². The Hall–Kier alpha value is -0.120. The molecule has 1 heterocycles. The van der Waals surface area contributed by atoms with E-state index in [9.17, 15) is 5.11 Å². The summed E-state index contributed by atoms with van der Waals surface area (Å²) in [5.74, 6) is 0.483. The molecular weight excluding hydrogens is 224 g/mol. The van der Waals surface area contributed by atoms with Crippen molar-refractivity contribution >= 4 is 0 Å². The van der Waals surface area contributed by atoms with Gasteiger partial charge in [-0.1, -0.05) is 13.8 Å². The molecule has 1 saturated heterocycles. The molecule has 3 heteroatoms. The van der Waals surface area contributed by atoms with Crippen molar-refractivity contribution in [3.8, 4) is 0 Å². The van der Waals surface area contributed by atoms with Crippen LogP contribution in [0.4, 0.5) is 0 Å². The zero-order valence-corrected chi connectivity index (χ0v) is 12.4. The van der Waals surface area contributed by atoms with E-state index in [1.807, 2.05) is 0 Å². The van der Waals surface area contributed by atoms with Crippen molar-refractivity contribution in [3.63, 3.8) is 0 Å². The molecule has 18 heavy (non-hydrogen) atoms. The number of nitrogens with zero attached hydrogens (tertiary/aromatic N) is 2. The molecular formula is C15H30N2O. The molecule has 2 rings (SSSR count). The molecule has 0 spiro atoms. The van der Waals surface area contributed by atoms with E-state index < -0.39 is 0 Å². The third-order valence-electron chi connectivity index (χ3n) is 4.78. The maximum Gasteiger partial charge on any atom is 0.0581 e. The van der Waals surface area contributed by atoms with Crippen LogP contribution in [0.2, 0.25) is 0 Å². The van der Waals surface area contributed by atoms with E-state index in [0.29, 0.717) is 11.3 Å². The van der Waals surface area contributed by atoms with Crippen LogP contribution in [-0.4, -0.2) is 60.8 Å².